The topological polar surface area (TPSA) is 61.3 Å². The van der Waals surface area contributed by atoms with Crippen LogP contribution in [0.25, 0.3) is 0 Å². The summed E-state index contributed by atoms with van der Waals surface area (Å²) in [5.74, 6) is 1.36. The molecule has 1 atom stereocenters. The summed E-state index contributed by atoms with van der Waals surface area (Å²) in [6.07, 6.45) is 0.809. The first-order valence-electron chi connectivity index (χ1n) is 5.73. The Bertz CT molecular complexity index is 337. The second-order valence-corrected chi connectivity index (χ2v) is 4.34. The lowest BCUT2D eigenvalue weighted by molar-refractivity contribution is 0.407. The van der Waals surface area contributed by atoms with E-state index < -0.39 is 0 Å². The summed E-state index contributed by atoms with van der Waals surface area (Å²) in [4.78, 5) is 0. The molecule has 16 heavy (non-hydrogen) atoms. The Morgan fingerprint density at radius 2 is 2.00 bits per heavy atom. The van der Waals surface area contributed by atoms with Crippen molar-refractivity contribution in [3.8, 4) is 5.75 Å². The van der Waals surface area contributed by atoms with Crippen LogP contribution in [0.5, 0.6) is 5.75 Å². The van der Waals surface area contributed by atoms with Crippen LogP contribution >= 0.6 is 0 Å². The van der Waals surface area contributed by atoms with E-state index in [1.165, 1.54) is 5.56 Å². The van der Waals surface area contributed by atoms with Gasteiger partial charge in [-0.05, 0) is 36.1 Å². The predicted octanol–water partition coefficient (Wildman–Crippen LogP) is 2.17. The zero-order chi connectivity index (χ0) is 12.1. The van der Waals surface area contributed by atoms with E-state index in [0.29, 0.717) is 12.5 Å². The summed E-state index contributed by atoms with van der Waals surface area (Å²) >= 11 is 0. The van der Waals surface area contributed by atoms with Crippen molar-refractivity contribution in [3.63, 3.8) is 0 Å². The Morgan fingerprint density at radius 1 is 1.31 bits per heavy atom. The highest BCUT2D eigenvalue weighted by molar-refractivity contribution is 5.40. The van der Waals surface area contributed by atoms with Crippen LogP contribution in [-0.2, 0) is 0 Å². The molecule has 4 N–H and O–H groups in total. The fourth-order valence-corrected chi connectivity index (χ4v) is 1.78. The van der Waals surface area contributed by atoms with E-state index in [9.17, 15) is 0 Å². The largest absolute Gasteiger partial charge is 0.496 e. The predicted molar refractivity (Wildman–Crippen MR) is 67.7 cm³/mol. The SMILES string of the molecule is COc1ccc(C(N)CCN)cc1C(C)C. The molecular weight excluding hydrogens is 200 g/mol. The smallest absolute Gasteiger partial charge is 0.122 e. The van der Waals surface area contributed by atoms with Gasteiger partial charge in [-0.1, -0.05) is 26.0 Å². The maximum Gasteiger partial charge on any atom is 0.122 e. The van der Waals surface area contributed by atoms with E-state index in [1.54, 1.807) is 7.11 Å². The van der Waals surface area contributed by atoms with E-state index in [4.69, 9.17) is 16.2 Å². The molecule has 3 heteroatoms. The summed E-state index contributed by atoms with van der Waals surface area (Å²) in [7, 11) is 1.70. The van der Waals surface area contributed by atoms with Gasteiger partial charge in [0.05, 0.1) is 7.11 Å². The Morgan fingerprint density at radius 3 is 2.50 bits per heavy atom. The van der Waals surface area contributed by atoms with E-state index >= 15 is 0 Å². The molecule has 1 rings (SSSR count). The van der Waals surface area contributed by atoms with Crippen molar-refractivity contribution in [1.82, 2.24) is 0 Å². The summed E-state index contributed by atoms with van der Waals surface area (Å²) in [6.45, 7) is 4.91. The zero-order valence-electron chi connectivity index (χ0n) is 10.4. The first-order valence-corrected chi connectivity index (χ1v) is 5.73. The number of hydrogen-bond donors (Lipinski definition) is 2. The summed E-state index contributed by atoms with van der Waals surface area (Å²) in [5, 5.41) is 0. The molecule has 90 valence electrons. The van der Waals surface area contributed by atoms with Gasteiger partial charge in [0.2, 0.25) is 0 Å². The molecule has 0 saturated heterocycles. The molecule has 1 unspecified atom stereocenters. The van der Waals surface area contributed by atoms with Gasteiger partial charge in [-0.25, -0.2) is 0 Å². The number of nitrogens with two attached hydrogens (primary N) is 2. The van der Waals surface area contributed by atoms with Crippen molar-refractivity contribution >= 4 is 0 Å². The molecule has 0 aliphatic rings. The number of rotatable bonds is 5. The third-order valence-electron chi connectivity index (χ3n) is 2.78. The quantitative estimate of drug-likeness (QED) is 0.802. The van der Waals surface area contributed by atoms with Crippen LogP contribution in [0.2, 0.25) is 0 Å². The fourth-order valence-electron chi connectivity index (χ4n) is 1.78. The molecule has 0 amide bonds. The Hall–Kier alpha value is -1.06. The molecule has 3 nitrogen and oxygen atoms in total. The molecule has 0 fully saturated rings. The number of hydrogen-bond acceptors (Lipinski definition) is 3. The van der Waals surface area contributed by atoms with E-state index in [2.05, 4.69) is 19.9 Å². The van der Waals surface area contributed by atoms with Crippen LogP contribution in [0, 0.1) is 0 Å². The van der Waals surface area contributed by atoms with Crippen LogP contribution in [0.15, 0.2) is 18.2 Å². The van der Waals surface area contributed by atoms with Crippen molar-refractivity contribution in [2.24, 2.45) is 11.5 Å². The molecule has 0 aromatic heterocycles. The lowest BCUT2D eigenvalue weighted by Crippen LogP contribution is -2.15. The Balaban J connectivity index is 3.01. The normalized spacial score (nSPS) is 12.9. The first kappa shape index (κ1) is 13.0. The summed E-state index contributed by atoms with van der Waals surface area (Å²) in [5.41, 5.74) is 13.9. The monoisotopic (exact) mass is 222 g/mol. The molecule has 0 bridgehead atoms. The average molecular weight is 222 g/mol. The van der Waals surface area contributed by atoms with Gasteiger partial charge in [0, 0.05) is 6.04 Å². The van der Waals surface area contributed by atoms with Crippen LogP contribution in [0.1, 0.15) is 43.4 Å². The van der Waals surface area contributed by atoms with Crippen LogP contribution < -0.4 is 16.2 Å². The minimum absolute atomic E-state index is 0.0217. The molecule has 0 radical (unpaired) electrons. The van der Waals surface area contributed by atoms with Crippen molar-refractivity contribution in [1.29, 1.82) is 0 Å². The number of ether oxygens (including phenoxy) is 1. The third kappa shape index (κ3) is 2.97. The van der Waals surface area contributed by atoms with Gasteiger partial charge in [-0.3, -0.25) is 0 Å². The zero-order valence-corrected chi connectivity index (χ0v) is 10.4. The van der Waals surface area contributed by atoms with Gasteiger partial charge in [-0.2, -0.15) is 0 Å². The number of benzene rings is 1. The highest BCUT2D eigenvalue weighted by Gasteiger charge is 2.11. The average Bonchev–Trinajstić information content (AvgIpc) is 2.28. The van der Waals surface area contributed by atoms with Gasteiger partial charge in [0.15, 0.2) is 0 Å². The molecular formula is C13H22N2O. The summed E-state index contributed by atoms with van der Waals surface area (Å²) < 4.78 is 5.34. The second kappa shape index (κ2) is 5.87. The molecule has 0 spiro atoms. The Kier molecular flexibility index (Phi) is 4.77. The van der Waals surface area contributed by atoms with E-state index in [-0.39, 0.29) is 6.04 Å². The molecule has 0 aliphatic carbocycles. The molecule has 1 aromatic rings. The maximum absolute atomic E-state index is 6.05. The van der Waals surface area contributed by atoms with Crippen molar-refractivity contribution in [3.05, 3.63) is 29.3 Å². The van der Waals surface area contributed by atoms with E-state index in [0.717, 1.165) is 17.7 Å². The maximum atomic E-state index is 6.05. The number of methoxy groups -OCH3 is 1. The van der Waals surface area contributed by atoms with Gasteiger partial charge < -0.3 is 16.2 Å². The van der Waals surface area contributed by atoms with Crippen molar-refractivity contribution in [2.75, 3.05) is 13.7 Å². The molecule has 0 saturated carbocycles. The minimum atomic E-state index is 0.0217. The van der Waals surface area contributed by atoms with Crippen LogP contribution in [-0.4, -0.2) is 13.7 Å². The highest BCUT2D eigenvalue weighted by Crippen LogP contribution is 2.29. The van der Waals surface area contributed by atoms with Crippen molar-refractivity contribution in [2.45, 2.75) is 32.2 Å². The van der Waals surface area contributed by atoms with Crippen molar-refractivity contribution < 1.29 is 4.74 Å². The van der Waals surface area contributed by atoms with Gasteiger partial charge in [-0.15, -0.1) is 0 Å². The third-order valence-corrected chi connectivity index (χ3v) is 2.78. The minimum Gasteiger partial charge on any atom is -0.496 e. The lowest BCUT2D eigenvalue weighted by atomic mass is 9.96. The van der Waals surface area contributed by atoms with Crippen LogP contribution in [0.4, 0.5) is 0 Å². The standard InChI is InChI=1S/C13H22N2O/c1-9(2)11-8-10(12(15)6-7-14)4-5-13(11)16-3/h4-5,8-9,12H,6-7,14-15H2,1-3H3. The van der Waals surface area contributed by atoms with Gasteiger partial charge in [0.25, 0.3) is 0 Å². The molecule has 0 aliphatic heterocycles. The van der Waals surface area contributed by atoms with Crippen LogP contribution in [0.3, 0.4) is 0 Å². The van der Waals surface area contributed by atoms with Gasteiger partial charge >= 0.3 is 0 Å². The fraction of sp³-hybridized carbons (Fsp3) is 0.538. The first-order chi connectivity index (χ1) is 7.60. The molecule has 0 heterocycles. The van der Waals surface area contributed by atoms with E-state index in [1.807, 2.05) is 12.1 Å². The van der Waals surface area contributed by atoms with Gasteiger partial charge in [0.1, 0.15) is 5.75 Å². The summed E-state index contributed by atoms with van der Waals surface area (Å²) in [6, 6.07) is 6.16. The lowest BCUT2D eigenvalue weighted by Gasteiger charge is -2.16. The second-order valence-electron chi connectivity index (χ2n) is 4.34. The highest BCUT2D eigenvalue weighted by atomic mass is 16.5. The molecule has 1 aromatic carbocycles. The Labute approximate surface area is 97.8 Å².